The normalized spacial score (nSPS) is 15.8. The topological polar surface area (TPSA) is 116 Å². The van der Waals surface area contributed by atoms with Crippen LogP contribution in [-0.4, -0.2) is 50.9 Å². The van der Waals surface area contributed by atoms with Gasteiger partial charge in [0.2, 0.25) is 5.91 Å². The molecule has 0 bridgehead atoms. The van der Waals surface area contributed by atoms with Gasteiger partial charge in [0, 0.05) is 36.2 Å². The second-order valence-electron chi connectivity index (χ2n) is 6.28. The SMILES string of the molecule is CC(=O)Nc1ccc(/C=C(\C(=O)[O-])c2ccc(S(=O)(=O)N3CCOCC3)s2)cc1. The van der Waals surface area contributed by atoms with E-state index in [1.165, 1.54) is 29.4 Å². The Morgan fingerprint density at radius 3 is 2.38 bits per heavy atom. The molecule has 154 valence electrons. The minimum atomic E-state index is -3.70. The number of benzene rings is 1. The zero-order valence-corrected chi connectivity index (χ0v) is 17.2. The second kappa shape index (κ2) is 8.87. The number of hydrogen-bond acceptors (Lipinski definition) is 7. The Hall–Kier alpha value is -2.53. The molecule has 1 aromatic carbocycles. The summed E-state index contributed by atoms with van der Waals surface area (Å²) in [5.41, 5.74) is 1.04. The van der Waals surface area contributed by atoms with Crippen LogP contribution in [0.15, 0.2) is 40.6 Å². The molecule has 0 unspecified atom stereocenters. The number of sulfonamides is 1. The van der Waals surface area contributed by atoms with Crippen molar-refractivity contribution in [3.05, 3.63) is 46.8 Å². The Morgan fingerprint density at radius 2 is 1.79 bits per heavy atom. The molecule has 29 heavy (non-hydrogen) atoms. The van der Waals surface area contributed by atoms with Crippen LogP contribution in [0.1, 0.15) is 17.4 Å². The van der Waals surface area contributed by atoms with E-state index in [1.807, 2.05) is 0 Å². The molecule has 0 radical (unpaired) electrons. The zero-order valence-electron chi connectivity index (χ0n) is 15.6. The first-order valence-electron chi connectivity index (χ1n) is 8.76. The molecule has 1 aromatic heterocycles. The largest absolute Gasteiger partial charge is 0.545 e. The Balaban J connectivity index is 1.87. The molecule has 2 heterocycles. The Labute approximate surface area is 172 Å². The van der Waals surface area contributed by atoms with Crippen molar-refractivity contribution in [2.75, 3.05) is 31.6 Å². The number of nitrogens with zero attached hydrogens (tertiary/aromatic N) is 1. The lowest BCUT2D eigenvalue weighted by molar-refractivity contribution is -0.295. The van der Waals surface area contributed by atoms with Crippen LogP contribution >= 0.6 is 11.3 Å². The standard InChI is InChI=1S/C19H20N2O6S2/c1-13(22)20-15-4-2-14(3-5-15)12-16(19(23)24)17-6-7-18(28-17)29(25,26)21-8-10-27-11-9-21/h2-7,12H,8-11H2,1H3,(H,20,22)(H,23,24)/p-1/b16-12-. The summed E-state index contributed by atoms with van der Waals surface area (Å²) in [6, 6.07) is 9.44. The van der Waals surface area contributed by atoms with Crippen LogP contribution in [0.2, 0.25) is 0 Å². The third-order valence-electron chi connectivity index (χ3n) is 4.17. The second-order valence-corrected chi connectivity index (χ2v) is 9.53. The molecular formula is C19H19N2O6S2-. The lowest BCUT2D eigenvalue weighted by atomic mass is 10.1. The molecule has 2 aromatic rings. The number of aliphatic carboxylic acids is 1. The van der Waals surface area contributed by atoms with Crippen LogP contribution in [0.3, 0.4) is 0 Å². The van der Waals surface area contributed by atoms with E-state index in [-0.39, 0.29) is 33.7 Å². The third kappa shape index (κ3) is 5.10. The van der Waals surface area contributed by atoms with E-state index < -0.39 is 16.0 Å². The van der Waals surface area contributed by atoms with Gasteiger partial charge >= 0.3 is 0 Å². The van der Waals surface area contributed by atoms with Gasteiger partial charge in [0.15, 0.2) is 0 Å². The number of rotatable bonds is 6. The maximum absolute atomic E-state index is 12.7. The number of anilines is 1. The van der Waals surface area contributed by atoms with Gasteiger partial charge in [-0.15, -0.1) is 11.3 Å². The maximum Gasteiger partial charge on any atom is 0.252 e. The van der Waals surface area contributed by atoms with E-state index in [4.69, 9.17) is 4.74 Å². The van der Waals surface area contributed by atoms with Crippen LogP contribution < -0.4 is 10.4 Å². The summed E-state index contributed by atoms with van der Waals surface area (Å²) in [4.78, 5) is 23.0. The number of carboxylic acids is 1. The van der Waals surface area contributed by atoms with Gasteiger partial charge in [-0.25, -0.2) is 8.42 Å². The molecule has 10 heteroatoms. The highest BCUT2D eigenvalue weighted by Gasteiger charge is 2.28. The predicted octanol–water partition coefficient (Wildman–Crippen LogP) is 1.02. The maximum atomic E-state index is 12.7. The molecule has 1 aliphatic heterocycles. The van der Waals surface area contributed by atoms with Crippen molar-refractivity contribution < 1.29 is 27.9 Å². The van der Waals surface area contributed by atoms with Crippen molar-refractivity contribution in [1.82, 2.24) is 4.31 Å². The molecular weight excluding hydrogens is 416 g/mol. The van der Waals surface area contributed by atoms with Gasteiger partial charge in [0.1, 0.15) is 4.21 Å². The molecule has 0 saturated carbocycles. The number of thiophene rings is 1. The van der Waals surface area contributed by atoms with Crippen molar-refractivity contribution >= 4 is 50.6 Å². The average Bonchev–Trinajstić information content (AvgIpc) is 3.18. The van der Waals surface area contributed by atoms with Gasteiger partial charge in [0.05, 0.1) is 19.2 Å². The van der Waals surface area contributed by atoms with Crippen molar-refractivity contribution in [3.8, 4) is 0 Å². The molecule has 0 atom stereocenters. The first-order chi connectivity index (χ1) is 13.8. The first-order valence-corrected chi connectivity index (χ1v) is 11.0. The van der Waals surface area contributed by atoms with Crippen LogP contribution in [0, 0.1) is 0 Å². The molecule has 8 nitrogen and oxygen atoms in total. The van der Waals surface area contributed by atoms with Crippen LogP contribution in [0.25, 0.3) is 11.6 Å². The molecule has 0 spiro atoms. The molecule has 1 fully saturated rings. The van der Waals surface area contributed by atoms with Crippen molar-refractivity contribution in [2.24, 2.45) is 0 Å². The highest BCUT2D eigenvalue weighted by Crippen LogP contribution is 2.31. The number of morpholine rings is 1. The van der Waals surface area contributed by atoms with Crippen molar-refractivity contribution in [2.45, 2.75) is 11.1 Å². The van der Waals surface area contributed by atoms with E-state index in [1.54, 1.807) is 24.3 Å². The molecule has 1 N–H and O–H groups in total. The number of amides is 1. The first kappa shape index (κ1) is 21.2. The highest BCUT2D eigenvalue weighted by molar-refractivity contribution is 7.91. The average molecular weight is 436 g/mol. The van der Waals surface area contributed by atoms with Crippen molar-refractivity contribution in [1.29, 1.82) is 0 Å². The van der Waals surface area contributed by atoms with E-state index in [2.05, 4.69) is 5.32 Å². The fraction of sp³-hybridized carbons (Fsp3) is 0.263. The quantitative estimate of drug-likeness (QED) is 0.678. The van der Waals surface area contributed by atoms with Gasteiger partial charge in [0.25, 0.3) is 10.0 Å². The minimum absolute atomic E-state index is 0.0718. The number of carbonyl (C=O) groups is 2. The fourth-order valence-corrected chi connectivity index (χ4v) is 5.65. The molecule has 1 amide bonds. The highest BCUT2D eigenvalue weighted by atomic mass is 32.2. The molecule has 0 aliphatic carbocycles. The Morgan fingerprint density at radius 1 is 1.14 bits per heavy atom. The number of carbonyl (C=O) groups excluding carboxylic acids is 2. The summed E-state index contributed by atoms with van der Waals surface area (Å²) in [6.45, 7) is 2.58. The lowest BCUT2D eigenvalue weighted by Crippen LogP contribution is -2.40. The van der Waals surface area contributed by atoms with E-state index in [0.717, 1.165) is 11.3 Å². The fourth-order valence-electron chi connectivity index (χ4n) is 2.78. The van der Waals surface area contributed by atoms with Gasteiger partial charge in [-0.1, -0.05) is 12.1 Å². The van der Waals surface area contributed by atoms with Gasteiger partial charge in [-0.3, -0.25) is 4.79 Å². The Bertz CT molecular complexity index is 1030. The number of nitrogens with one attached hydrogen (secondary N) is 1. The third-order valence-corrected chi connectivity index (χ3v) is 7.66. The predicted molar refractivity (Wildman–Crippen MR) is 108 cm³/mol. The summed E-state index contributed by atoms with van der Waals surface area (Å²) in [6.07, 6.45) is 1.41. The van der Waals surface area contributed by atoms with Crippen LogP contribution in [0.5, 0.6) is 0 Å². The minimum Gasteiger partial charge on any atom is -0.545 e. The number of hydrogen-bond donors (Lipinski definition) is 1. The van der Waals surface area contributed by atoms with E-state index >= 15 is 0 Å². The molecule has 3 rings (SSSR count). The number of ether oxygens (including phenoxy) is 1. The molecule has 1 aliphatic rings. The summed E-state index contributed by atoms with van der Waals surface area (Å²) in [5, 5.41) is 14.3. The molecule has 1 saturated heterocycles. The van der Waals surface area contributed by atoms with Gasteiger partial charge < -0.3 is 20.0 Å². The van der Waals surface area contributed by atoms with Crippen molar-refractivity contribution in [3.63, 3.8) is 0 Å². The summed E-state index contributed by atoms with van der Waals surface area (Å²) in [5.74, 6) is -1.62. The summed E-state index contributed by atoms with van der Waals surface area (Å²) < 4.78 is 32.1. The Kier molecular flexibility index (Phi) is 6.48. The smallest absolute Gasteiger partial charge is 0.252 e. The van der Waals surface area contributed by atoms with Gasteiger partial charge in [-0.05, 0) is 35.9 Å². The summed E-state index contributed by atoms with van der Waals surface area (Å²) >= 11 is 0.884. The van der Waals surface area contributed by atoms with E-state index in [9.17, 15) is 23.1 Å². The van der Waals surface area contributed by atoms with Gasteiger partial charge in [-0.2, -0.15) is 4.31 Å². The lowest BCUT2D eigenvalue weighted by Gasteiger charge is -2.25. The monoisotopic (exact) mass is 435 g/mol. The van der Waals surface area contributed by atoms with Crippen LogP contribution in [0.4, 0.5) is 5.69 Å². The number of carboxylic acid groups (broad SMARTS) is 1. The van der Waals surface area contributed by atoms with Crippen LogP contribution in [-0.2, 0) is 24.3 Å². The zero-order chi connectivity index (χ0) is 21.0. The summed E-state index contributed by atoms with van der Waals surface area (Å²) in [7, 11) is -3.70. The van der Waals surface area contributed by atoms with E-state index in [0.29, 0.717) is 24.5 Å².